The van der Waals surface area contributed by atoms with Crippen molar-refractivity contribution in [3.63, 3.8) is 0 Å². The number of aryl methyl sites for hydroxylation is 1. The van der Waals surface area contributed by atoms with Gasteiger partial charge in [0.25, 0.3) is 0 Å². The second-order valence-electron chi connectivity index (χ2n) is 3.73. The lowest BCUT2D eigenvalue weighted by Gasteiger charge is -2.04. The number of fused-ring (bicyclic) bond motifs is 1. The normalized spacial score (nSPS) is 10.9. The first kappa shape index (κ1) is 11.1. The lowest BCUT2D eigenvalue weighted by atomic mass is 10.3. The summed E-state index contributed by atoms with van der Waals surface area (Å²) in [5.41, 5.74) is 1.76. The van der Waals surface area contributed by atoms with Crippen molar-refractivity contribution in [1.82, 2.24) is 9.55 Å². The minimum Gasteiger partial charge on any atom is -0.322 e. The third-order valence-corrected chi connectivity index (χ3v) is 2.82. The van der Waals surface area contributed by atoms with Gasteiger partial charge in [-0.25, -0.2) is 4.98 Å². The molecule has 1 aromatic carbocycles. The van der Waals surface area contributed by atoms with Gasteiger partial charge < -0.3 is 4.57 Å². The standard InChI is InChI=1S/C12H13ClN2O/c1-2-3-6-15-11-5-4-9(13)7-10(11)14-12(15)8-16/h4-5,7-8H,2-3,6H2,1H3. The van der Waals surface area contributed by atoms with E-state index >= 15 is 0 Å². The average Bonchev–Trinajstić information content (AvgIpc) is 2.63. The van der Waals surface area contributed by atoms with Crippen molar-refractivity contribution in [3.8, 4) is 0 Å². The summed E-state index contributed by atoms with van der Waals surface area (Å²) in [4.78, 5) is 15.2. The predicted molar refractivity (Wildman–Crippen MR) is 65.0 cm³/mol. The number of imidazole rings is 1. The highest BCUT2D eigenvalue weighted by molar-refractivity contribution is 6.31. The van der Waals surface area contributed by atoms with Crippen LogP contribution in [-0.2, 0) is 6.54 Å². The van der Waals surface area contributed by atoms with Gasteiger partial charge in [0.2, 0.25) is 0 Å². The molecule has 0 atom stereocenters. The zero-order valence-corrected chi connectivity index (χ0v) is 9.87. The lowest BCUT2D eigenvalue weighted by molar-refractivity contribution is 0.111. The highest BCUT2D eigenvalue weighted by atomic mass is 35.5. The number of aromatic nitrogens is 2. The average molecular weight is 237 g/mol. The Morgan fingerprint density at radius 3 is 3.00 bits per heavy atom. The van der Waals surface area contributed by atoms with Gasteiger partial charge >= 0.3 is 0 Å². The number of rotatable bonds is 4. The zero-order valence-electron chi connectivity index (χ0n) is 9.11. The lowest BCUT2D eigenvalue weighted by Crippen LogP contribution is -2.02. The smallest absolute Gasteiger partial charge is 0.185 e. The summed E-state index contributed by atoms with van der Waals surface area (Å²) in [6.07, 6.45) is 2.92. The van der Waals surface area contributed by atoms with Crippen LogP contribution in [0.1, 0.15) is 30.4 Å². The highest BCUT2D eigenvalue weighted by Crippen LogP contribution is 2.20. The zero-order chi connectivity index (χ0) is 11.5. The minimum atomic E-state index is 0.478. The Kier molecular flexibility index (Phi) is 3.25. The molecule has 0 N–H and O–H groups in total. The van der Waals surface area contributed by atoms with E-state index in [0.717, 1.165) is 36.7 Å². The Hall–Kier alpha value is -1.35. The van der Waals surface area contributed by atoms with E-state index in [4.69, 9.17) is 11.6 Å². The molecule has 0 amide bonds. The topological polar surface area (TPSA) is 34.9 Å². The first-order chi connectivity index (χ1) is 7.76. The van der Waals surface area contributed by atoms with Crippen LogP contribution >= 0.6 is 11.6 Å². The van der Waals surface area contributed by atoms with Crippen LogP contribution in [0, 0.1) is 0 Å². The van der Waals surface area contributed by atoms with Gasteiger partial charge in [0.1, 0.15) is 0 Å². The summed E-state index contributed by atoms with van der Waals surface area (Å²) >= 11 is 5.89. The molecule has 0 saturated heterocycles. The van der Waals surface area contributed by atoms with E-state index in [9.17, 15) is 4.79 Å². The fourth-order valence-corrected chi connectivity index (χ4v) is 1.93. The molecule has 1 heterocycles. The van der Waals surface area contributed by atoms with E-state index in [0.29, 0.717) is 10.8 Å². The maximum absolute atomic E-state index is 10.9. The first-order valence-electron chi connectivity index (χ1n) is 5.37. The van der Waals surface area contributed by atoms with Crippen molar-refractivity contribution in [2.24, 2.45) is 0 Å². The molecule has 0 aliphatic heterocycles. The van der Waals surface area contributed by atoms with Gasteiger partial charge in [0.15, 0.2) is 12.1 Å². The Labute approximate surface area is 99.0 Å². The minimum absolute atomic E-state index is 0.478. The molecule has 2 rings (SSSR count). The van der Waals surface area contributed by atoms with Crippen molar-refractivity contribution in [1.29, 1.82) is 0 Å². The van der Waals surface area contributed by atoms with E-state index in [1.807, 2.05) is 16.7 Å². The molecular formula is C12H13ClN2O. The van der Waals surface area contributed by atoms with Gasteiger partial charge in [-0.3, -0.25) is 4.79 Å². The summed E-state index contributed by atoms with van der Waals surface area (Å²) in [5.74, 6) is 0.478. The van der Waals surface area contributed by atoms with Crippen molar-refractivity contribution in [2.45, 2.75) is 26.3 Å². The molecule has 0 radical (unpaired) electrons. The molecule has 84 valence electrons. The van der Waals surface area contributed by atoms with Gasteiger partial charge in [0.05, 0.1) is 11.0 Å². The van der Waals surface area contributed by atoms with Crippen LogP contribution in [0.4, 0.5) is 0 Å². The van der Waals surface area contributed by atoms with Crippen LogP contribution in [0.3, 0.4) is 0 Å². The van der Waals surface area contributed by atoms with Crippen LogP contribution in [0.2, 0.25) is 5.02 Å². The van der Waals surface area contributed by atoms with Crippen LogP contribution in [-0.4, -0.2) is 15.8 Å². The van der Waals surface area contributed by atoms with E-state index in [1.165, 1.54) is 0 Å². The third kappa shape index (κ3) is 1.95. The molecule has 0 saturated carbocycles. The summed E-state index contributed by atoms with van der Waals surface area (Å²) in [7, 11) is 0. The quantitative estimate of drug-likeness (QED) is 0.764. The molecular weight excluding hydrogens is 224 g/mol. The third-order valence-electron chi connectivity index (χ3n) is 2.58. The molecule has 0 fully saturated rings. The molecule has 0 aliphatic carbocycles. The monoisotopic (exact) mass is 236 g/mol. The maximum Gasteiger partial charge on any atom is 0.185 e. The largest absolute Gasteiger partial charge is 0.322 e. The molecule has 4 heteroatoms. The van der Waals surface area contributed by atoms with E-state index in [-0.39, 0.29) is 0 Å². The second-order valence-corrected chi connectivity index (χ2v) is 4.16. The molecule has 0 spiro atoms. The van der Waals surface area contributed by atoms with Gasteiger partial charge in [-0.1, -0.05) is 24.9 Å². The molecule has 0 bridgehead atoms. The number of unbranched alkanes of at least 4 members (excludes halogenated alkanes) is 1. The summed E-state index contributed by atoms with van der Waals surface area (Å²) in [6, 6.07) is 5.52. The number of hydrogen-bond acceptors (Lipinski definition) is 2. The number of nitrogens with zero attached hydrogens (tertiary/aromatic N) is 2. The van der Waals surface area contributed by atoms with Crippen LogP contribution in [0.25, 0.3) is 11.0 Å². The van der Waals surface area contributed by atoms with E-state index in [2.05, 4.69) is 11.9 Å². The fourth-order valence-electron chi connectivity index (χ4n) is 1.76. The number of benzene rings is 1. The number of carbonyl (C=O) groups excluding carboxylic acids is 1. The van der Waals surface area contributed by atoms with E-state index in [1.54, 1.807) is 6.07 Å². The highest BCUT2D eigenvalue weighted by Gasteiger charge is 2.09. The summed E-state index contributed by atoms with van der Waals surface area (Å²) in [5, 5.41) is 0.644. The molecule has 0 aliphatic rings. The van der Waals surface area contributed by atoms with Gasteiger partial charge in [-0.2, -0.15) is 0 Å². The SMILES string of the molecule is CCCCn1c(C=O)nc2cc(Cl)ccc21. The first-order valence-corrected chi connectivity index (χ1v) is 5.75. The number of halogens is 1. The Bertz CT molecular complexity index is 519. The second kappa shape index (κ2) is 4.66. The van der Waals surface area contributed by atoms with Gasteiger partial charge in [0, 0.05) is 11.6 Å². The van der Waals surface area contributed by atoms with Crippen molar-refractivity contribution < 1.29 is 4.79 Å². The number of hydrogen-bond donors (Lipinski definition) is 0. The Balaban J connectivity index is 2.54. The Morgan fingerprint density at radius 2 is 2.31 bits per heavy atom. The van der Waals surface area contributed by atoms with Crippen LogP contribution in [0.15, 0.2) is 18.2 Å². The summed E-state index contributed by atoms with van der Waals surface area (Å²) < 4.78 is 1.95. The Morgan fingerprint density at radius 1 is 1.50 bits per heavy atom. The van der Waals surface area contributed by atoms with Crippen molar-refractivity contribution >= 4 is 28.9 Å². The maximum atomic E-state index is 10.9. The van der Waals surface area contributed by atoms with Crippen molar-refractivity contribution in [3.05, 3.63) is 29.0 Å². The number of carbonyl (C=O) groups is 1. The molecule has 0 unspecified atom stereocenters. The van der Waals surface area contributed by atoms with Gasteiger partial charge in [-0.05, 0) is 24.6 Å². The molecule has 2 aromatic rings. The van der Waals surface area contributed by atoms with Gasteiger partial charge in [-0.15, -0.1) is 0 Å². The predicted octanol–water partition coefficient (Wildman–Crippen LogP) is 3.30. The number of aldehydes is 1. The molecule has 1 aromatic heterocycles. The fraction of sp³-hybridized carbons (Fsp3) is 0.333. The van der Waals surface area contributed by atoms with Crippen LogP contribution in [0.5, 0.6) is 0 Å². The molecule has 3 nitrogen and oxygen atoms in total. The van der Waals surface area contributed by atoms with Crippen molar-refractivity contribution in [2.75, 3.05) is 0 Å². The summed E-state index contributed by atoms with van der Waals surface area (Å²) in [6.45, 7) is 2.94. The van der Waals surface area contributed by atoms with Crippen LogP contribution < -0.4 is 0 Å². The molecule has 16 heavy (non-hydrogen) atoms. The van der Waals surface area contributed by atoms with E-state index < -0.39 is 0 Å².